The highest BCUT2D eigenvalue weighted by molar-refractivity contribution is 6.31. The van der Waals surface area contributed by atoms with Crippen molar-refractivity contribution in [2.75, 3.05) is 12.4 Å². The van der Waals surface area contributed by atoms with Crippen molar-refractivity contribution in [2.24, 2.45) is 5.90 Å². The van der Waals surface area contributed by atoms with Gasteiger partial charge in [-0.15, -0.1) is 0 Å². The highest BCUT2D eigenvalue weighted by atomic mass is 35.5. The van der Waals surface area contributed by atoms with Crippen LogP contribution in [0.3, 0.4) is 0 Å². The summed E-state index contributed by atoms with van der Waals surface area (Å²) in [7, 11) is 1.50. The number of aromatic nitrogens is 2. The van der Waals surface area contributed by atoms with Gasteiger partial charge in [0.05, 0.1) is 17.6 Å². The lowest BCUT2D eigenvalue weighted by Crippen LogP contribution is -2.04. The summed E-state index contributed by atoms with van der Waals surface area (Å²) in [5.41, 5.74) is 1.22. The topological polar surface area (TPSA) is 82.3 Å². The van der Waals surface area contributed by atoms with Gasteiger partial charge in [-0.2, -0.15) is 5.90 Å². The Kier molecular flexibility index (Phi) is 4.14. The second-order valence-corrected chi connectivity index (χ2v) is 5.02. The Morgan fingerprint density at radius 2 is 2.00 bits per heavy atom. The fourth-order valence-corrected chi connectivity index (χ4v) is 2.31. The second-order valence-electron chi connectivity index (χ2n) is 4.61. The summed E-state index contributed by atoms with van der Waals surface area (Å²) < 4.78 is 18.4. The molecule has 23 heavy (non-hydrogen) atoms. The van der Waals surface area contributed by atoms with Gasteiger partial charge in [0.15, 0.2) is 11.5 Å². The maximum absolute atomic E-state index is 13.2. The zero-order valence-corrected chi connectivity index (χ0v) is 12.8. The van der Waals surface area contributed by atoms with Crippen molar-refractivity contribution < 1.29 is 14.0 Å². The molecule has 3 rings (SSSR count). The van der Waals surface area contributed by atoms with Gasteiger partial charge >= 0.3 is 0 Å². The monoisotopic (exact) mass is 334 g/mol. The van der Waals surface area contributed by atoms with Crippen molar-refractivity contribution >= 4 is 34.0 Å². The number of hydrogen-bond acceptors (Lipinski definition) is 6. The Morgan fingerprint density at radius 3 is 2.70 bits per heavy atom. The Morgan fingerprint density at radius 1 is 1.17 bits per heavy atom. The van der Waals surface area contributed by atoms with Crippen LogP contribution in [0, 0.1) is 5.82 Å². The lowest BCUT2D eigenvalue weighted by molar-refractivity contribution is 0.306. The average molecular weight is 335 g/mol. The Balaban J connectivity index is 2.08. The van der Waals surface area contributed by atoms with Crippen LogP contribution in [0.5, 0.6) is 11.5 Å². The summed E-state index contributed by atoms with van der Waals surface area (Å²) in [5, 5.41) is 3.74. The molecule has 2 aromatic carbocycles. The molecule has 118 valence electrons. The van der Waals surface area contributed by atoms with Gasteiger partial charge in [-0.1, -0.05) is 11.6 Å². The molecule has 6 nitrogen and oxygen atoms in total. The van der Waals surface area contributed by atoms with E-state index in [1.165, 1.54) is 25.6 Å². The number of rotatable bonds is 4. The minimum absolute atomic E-state index is 0.0148. The fourth-order valence-electron chi connectivity index (χ4n) is 2.13. The number of ether oxygens (including phenoxy) is 1. The molecule has 8 heteroatoms. The SMILES string of the molecule is COc1cc2ncnc(Nc3ccc(F)c(Cl)c3)c2cc1ON. The molecule has 0 aliphatic heterocycles. The number of anilines is 2. The van der Waals surface area contributed by atoms with E-state index >= 15 is 0 Å². The quantitative estimate of drug-likeness (QED) is 0.711. The molecule has 0 amide bonds. The van der Waals surface area contributed by atoms with Crippen LogP contribution in [0.4, 0.5) is 15.9 Å². The van der Waals surface area contributed by atoms with E-state index < -0.39 is 5.82 Å². The smallest absolute Gasteiger partial charge is 0.189 e. The summed E-state index contributed by atoms with van der Waals surface area (Å²) in [4.78, 5) is 13.2. The first-order chi connectivity index (χ1) is 11.1. The largest absolute Gasteiger partial charge is 0.493 e. The molecule has 0 saturated heterocycles. The van der Waals surface area contributed by atoms with Gasteiger partial charge in [-0.3, -0.25) is 0 Å². The van der Waals surface area contributed by atoms with Gasteiger partial charge in [0.1, 0.15) is 18.0 Å². The van der Waals surface area contributed by atoms with Crippen LogP contribution in [0.1, 0.15) is 0 Å². The normalized spacial score (nSPS) is 10.6. The molecule has 1 heterocycles. The molecule has 0 bridgehead atoms. The Hall–Kier alpha value is -2.64. The number of methoxy groups -OCH3 is 1. The molecule has 0 atom stereocenters. The zero-order chi connectivity index (χ0) is 16.4. The van der Waals surface area contributed by atoms with Crippen molar-refractivity contribution in [1.82, 2.24) is 9.97 Å². The standard InChI is InChI=1S/C15H12ClFN4O2/c1-22-13-6-12-9(5-14(13)23-18)15(20-7-19-12)21-8-2-3-11(17)10(16)4-8/h2-7H,18H2,1H3,(H,19,20,21). The van der Waals surface area contributed by atoms with E-state index in [0.717, 1.165) is 0 Å². The van der Waals surface area contributed by atoms with Crippen LogP contribution in [-0.4, -0.2) is 17.1 Å². The highest BCUT2D eigenvalue weighted by Gasteiger charge is 2.12. The first-order valence-electron chi connectivity index (χ1n) is 6.54. The van der Waals surface area contributed by atoms with Crippen LogP contribution >= 0.6 is 11.6 Å². The molecule has 0 radical (unpaired) electrons. The predicted octanol–water partition coefficient (Wildman–Crippen LogP) is 3.43. The van der Waals surface area contributed by atoms with Crippen LogP contribution in [-0.2, 0) is 0 Å². The number of nitrogens with two attached hydrogens (primary N) is 1. The molecule has 0 saturated carbocycles. The summed E-state index contributed by atoms with van der Waals surface area (Å²) in [6, 6.07) is 7.63. The number of benzene rings is 2. The number of fused-ring (bicyclic) bond motifs is 1. The van der Waals surface area contributed by atoms with Gasteiger partial charge in [-0.05, 0) is 24.3 Å². The predicted molar refractivity (Wildman–Crippen MR) is 85.6 cm³/mol. The van der Waals surface area contributed by atoms with Crippen LogP contribution in [0.25, 0.3) is 10.9 Å². The summed E-state index contributed by atoms with van der Waals surface area (Å²) >= 11 is 5.78. The molecular formula is C15H12ClFN4O2. The van der Waals surface area contributed by atoms with Gasteiger partial charge < -0.3 is 14.9 Å². The van der Waals surface area contributed by atoms with E-state index in [4.69, 9.17) is 27.1 Å². The third kappa shape index (κ3) is 2.96. The highest BCUT2D eigenvalue weighted by Crippen LogP contribution is 2.34. The van der Waals surface area contributed by atoms with Crippen molar-refractivity contribution in [3.8, 4) is 11.5 Å². The van der Waals surface area contributed by atoms with Gasteiger partial charge in [-0.25, -0.2) is 14.4 Å². The summed E-state index contributed by atoms with van der Waals surface area (Å²) in [6.45, 7) is 0. The van der Waals surface area contributed by atoms with E-state index in [-0.39, 0.29) is 5.02 Å². The van der Waals surface area contributed by atoms with E-state index in [2.05, 4.69) is 15.3 Å². The minimum atomic E-state index is -0.492. The molecule has 0 aliphatic rings. The first kappa shape index (κ1) is 15.3. The van der Waals surface area contributed by atoms with Crippen LogP contribution < -0.4 is 20.8 Å². The molecule has 1 aromatic heterocycles. The minimum Gasteiger partial charge on any atom is -0.493 e. The number of nitrogens with zero attached hydrogens (tertiary/aromatic N) is 2. The van der Waals surface area contributed by atoms with Crippen molar-refractivity contribution in [2.45, 2.75) is 0 Å². The molecular weight excluding hydrogens is 323 g/mol. The molecule has 0 spiro atoms. The summed E-state index contributed by atoms with van der Waals surface area (Å²) in [5.74, 6) is 6.06. The summed E-state index contributed by atoms with van der Waals surface area (Å²) in [6.07, 6.45) is 1.40. The van der Waals surface area contributed by atoms with E-state index in [1.54, 1.807) is 18.2 Å². The first-order valence-corrected chi connectivity index (χ1v) is 6.91. The van der Waals surface area contributed by atoms with E-state index in [0.29, 0.717) is 33.9 Å². The van der Waals surface area contributed by atoms with Crippen molar-refractivity contribution in [1.29, 1.82) is 0 Å². The lowest BCUT2D eigenvalue weighted by atomic mass is 10.2. The number of halogens is 2. The maximum Gasteiger partial charge on any atom is 0.189 e. The van der Waals surface area contributed by atoms with E-state index in [1.807, 2.05) is 0 Å². The van der Waals surface area contributed by atoms with Crippen LogP contribution in [0.15, 0.2) is 36.7 Å². The lowest BCUT2D eigenvalue weighted by Gasteiger charge is -2.11. The maximum atomic E-state index is 13.2. The number of hydrogen-bond donors (Lipinski definition) is 2. The average Bonchev–Trinajstić information content (AvgIpc) is 2.57. The molecule has 0 aliphatic carbocycles. The van der Waals surface area contributed by atoms with Crippen LogP contribution in [0.2, 0.25) is 5.02 Å². The molecule has 0 fully saturated rings. The molecule has 3 aromatic rings. The third-order valence-electron chi connectivity index (χ3n) is 3.23. The third-order valence-corrected chi connectivity index (χ3v) is 3.52. The zero-order valence-electron chi connectivity index (χ0n) is 12.0. The Bertz CT molecular complexity index is 875. The second kappa shape index (κ2) is 6.23. The Labute approximate surface area is 136 Å². The molecule has 3 N–H and O–H groups in total. The van der Waals surface area contributed by atoms with E-state index in [9.17, 15) is 4.39 Å². The van der Waals surface area contributed by atoms with Crippen molar-refractivity contribution in [3.63, 3.8) is 0 Å². The van der Waals surface area contributed by atoms with Gasteiger partial charge in [0.25, 0.3) is 0 Å². The molecule has 0 unspecified atom stereocenters. The number of nitrogens with one attached hydrogen (secondary N) is 1. The van der Waals surface area contributed by atoms with Gasteiger partial charge in [0.2, 0.25) is 0 Å². The fraction of sp³-hybridized carbons (Fsp3) is 0.0667. The van der Waals surface area contributed by atoms with Crippen molar-refractivity contribution in [3.05, 3.63) is 47.5 Å². The van der Waals surface area contributed by atoms with Gasteiger partial charge in [0, 0.05) is 17.1 Å².